The molecular weight excluding hydrogens is 241 g/mol. The van der Waals surface area contributed by atoms with Crippen LogP contribution in [0.15, 0.2) is 4.99 Å². The summed E-state index contributed by atoms with van der Waals surface area (Å²) in [4.78, 5) is 4.20. The van der Waals surface area contributed by atoms with E-state index >= 15 is 0 Å². The fraction of sp³-hybridized carbons (Fsp3) is 0.933. The quantitative estimate of drug-likeness (QED) is 0.424. The van der Waals surface area contributed by atoms with Crippen molar-refractivity contribution in [2.24, 2.45) is 16.3 Å². The molecule has 1 rings (SSSR count). The van der Waals surface area contributed by atoms with Crippen molar-refractivity contribution in [1.29, 1.82) is 0 Å². The maximum atomic E-state index is 12.1. The molecule has 0 aromatic heterocycles. The van der Waals surface area contributed by atoms with E-state index in [0.29, 0.717) is 18.4 Å². The lowest BCUT2D eigenvalue weighted by atomic mass is 9.78. The van der Waals surface area contributed by atoms with Gasteiger partial charge in [-0.1, -0.05) is 26.7 Å². The minimum absolute atomic E-state index is 0.277. The summed E-state index contributed by atoms with van der Waals surface area (Å²) in [5.41, 5.74) is 0.436. The second-order valence-corrected chi connectivity index (χ2v) is 6.20. The monoisotopic (exact) mass is 271 g/mol. The highest BCUT2D eigenvalue weighted by Gasteiger charge is 2.34. The lowest BCUT2D eigenvalue weighted by molar-refractivity contribution is 0.234. The van der Waals surface area contributed by atoms with Gasteiger partial charge >= 0.3 is 0 Å². The molecule has 1 saturated carbocycles. The number of halogens is 1. The van der Waals surface area contributed by atoms with Crippen LogP contribution in [0, 0.1) is 11.3 Å². The van der Waals surface area contributed by atoms with Gasteiger partial charge in [-0.05, 0) is 37.0 Å². The van der Waals surface area contributed by atoms with Crippen molar-refractivity contribution in [3.63, 3.8) is 0 Å². The van der Waals surface area contributed by atoms with Crippen LogP contribution >= 0.6 is 0 Å². The van der Waals surface area contributed by atoms with Crippen LogP contribution in [0.2, 0.25) is 0 Å². The zero-order chi connectivity index (χ0) is 14.1. The highest BCUT2D eigenvalue weighted by molar-refractivity contribution is 5.79. The molecule has 112 valence electrons. The van der Waals surface area contributed by atoms with E-state index in [-0.39, 0.29) is 6.67 Å². The Morgan fingerprint density at radius 1 is 1.26 bits per heavy atom. The molecule has 0 saturated heterocycles. The van der Waals surface area contributed by atoms with Crippen LogP contribution in [0.5, 0.6) is 0 Å². The zero-order valence-electron chi connectivity index (χ0n) is 12.8. The van der Waals surface area contributed by atoms with Crippen LogP contribution in [-0.4, -0.2) is 32.8 Å². The Balaban J connectivity index is 2.42. The third-order valence-corrected chi connectivity index (χ3v) is 3.96. The van der Waals surface area contributed by atoms with Gasteiger partial charge in [-0.25, -0.2) is 0 Å². The van der Waals surface area contributed by atoms with Crippen LogP contribution in [0.25, 0.3) is 0 Å². The molecule has 1 aliphatic rings. The first kappa shape index (κ1) is 16.3. The molecular formula is C15H30FN3. The number of rotatable bonds is 7. The van der Waals surface area contributed by atoms with Gasteiger partial charge in [-0.3, -0.25) is 9.38 Å². The molecule has 1 aliphatic carbocycles. The third-order valence-electron chi connectivity index (χ3n) is 3.96. The summed E-state index contributed by atoms with van der Waals surface area (Å²) in [5, 5.41) is 6.60. The molecule has 0 aliphatic heterocycles. The van der Waals surface area contributed by atoms with E-state index in [1.54, 1.807) is 7.05 Å². The van der Waals surface area contributed by atoms with Crippen LogP contribution < -0.4 is 10.6 Å². The predicted molar refractivity (Wildman–Crippen MR) is 80.3 cm³/mol. The second-order valence-electron chi connectivity index (χ2n) is 6.20. The Morgan fingerprint density at radius 3 is 2.47 bits per heavy atom. The molecule has 1 fully saturated rings. The van der Waals surface area contributed by atoms with Gasteiger partial charge < -0.3 is 10.6 Å². The Bertz CT molecular complexity index is 271. The first-order valence-corrected chi connectivity index (χ1v) is 7.62. The predicted octanol–water partition coefficient (Wildman–Crippen LogP) is 3.12. The van der Waals surface area contributed by atoms with Crippen molar-refractivity contribution in [3.05, 3.63) is 0 Å². The summed E-state index contributed by atoms with van der Waals surface area (Å²) < 4.78 is 12.1. The van der Waals surface area contributed by atoms with Gasteiger partial charge in [0.1, 0.15) is 0 Å². The van der Waals surface area contributed by atoms with Crippen LogP contribution in [0.3, 0.4) is 0 Å². The molecule has 0 unspecified atom stereocenters. The average molecular weight is 271 g/mol. The van der Waals surface area contributed by atoms with Crippen molar-refractivity contribution in [1.82, 2.24) is 10.6 Å². The highest BCUT2D eigenvalue weighted by Crippen LogP contribution is 2.42. The van der Waals surface area contributed by atoms with E-state index in [1.165, 1.54) is 32.1 Å². The molecule has 0 atom stereocenters. The van der Waals surface area contributed by atoms with Crippen LogP contribution in [0.4, 0.5) is 4.39 Å². The SMILES string of the molecule is CN=C(NCCCF)NCC1(CC(C)C)CCCC1. The van der Waals surface area contributed by atoms with Gasteiger partial charge in [0.05, 0.1) is 6.67 Å². The van der Waals surface area contributed by atoms with Gasteiger partial charge in [0, 0.05) is 20.1 Å². The number of hydrogen-bond donors (Lipinski definition) is 2. The molecule has 0 amide bonds. The number of hydrogen-bond acceptors (Lipinski definition) is 1. The number of nitrogens with zero attached hydrogens (tertiary/aromatic N) is 1. The standard InChI is InChI=1S/C15H30FN3/c1-13(2)11-15(7-4-5-8-15)12-19-14(17-3)18-10-6-9-16/h13H,4-12H2,1-3H3,(H2,17,18,19). The molecule has 19 heavy (non-hydrogen) atoms. The van der Waals surface area contributed by atoms with Gasteiger partial charge in [0.2, 0.25) is 0 Å². The van der Waals surface area contributed by atoms with Crippen molar-refractivity contribution in [3.8, 4) is 0 Å². The van der Waals surface area contributed by atoms with E-state index < -0.39 is 0 Å². The van der Waals surface area contributed by atoms with E-state index in [2.05, 4.69) is 29.5 Å². The number of guanidine groups is 1. The fourth-order valence-electron chi connectivity index (χ4n) is 3.21. The fourth-order valence-corrected chi connectivity index (χ4v) is 3.21. The first-order chi connectivity index (χ1) is 9.12. The van der Waals surface area contributed by atoms with Gasteiger partial charge in [0.25, 0.3) is 0 Å². The number of nitrogens with one attached hydrogen (secondary N) is 2. The number of alkyl halides is 1. The summed E-state index contributed by atoms with van der Waals surface area (Å²) in [7, 11) is 1.77. The summed E-state index contributed by atoms with van der Waals surface area (Å²) >= 11 is 0. The van der Waals surface area contributed by atoms with Crippen LogP contribution in [0.1, 0.15) is 52.4 Å². The average Bonchev–Trinajstić information content (AvgIpc) is 2.81. The van der Waals surface area contributed by atoms with E-state index in [9.17, 15) is 4.39 Å². The van der Waals surface area contributed by atoms with Gasteiger partial charge in [-0.15, -0.1) is 0 Å². The normalized spacial score (nSPS) is 18.9. The molecule has 0 aromatic rings. The topological polar surface area (TPSA) is 36.4 Å². The van der Waals surface area contributed by atoms with Crippen molar-refractivity contribution >= 4 is 5.96 Å². The Labute approximate surface area is 117 Å². The van der Waals surface area contributed by atoms with Crippen molar-refractivity contribution in [2.45, 2.75) is 52.4 Å². The molecule has 0 radical (unpaired) electrons. The van der Waals surface area contributed by atoms with E-state index in [1.807, 2.05) is 0 Å². The smallest absolute Gasteiger partial charge is 0.190 e. The van der Waals surface area contributed by atoms with E-state index in [4.69, 9.17) is 0 Å². The molecule has 2 N–H and O–H groups in total. The third kappa shape index (κ3) is 5.79. The summed E-state index contributed by atoms with van der Waals surface area (Å²) in [5.74, 6) is 1.55. The maximum absolute atomic E-state index is 12.1. The number of aliphatic imine (C=N–C) groups is 1. The minimum Gasteiger partial charge on any atom is -0.356 e. The molecule has 0 aromatic carbocycles. The van der Waals surface area contributed by atoms with Crippen molar-refractivity contribution in [2.75, 3.05) is 26.8 Å². The largest absolute Gasteiger partial charge is 0.356 e. The molecule has 4 heteroatoms. The summed E-state index contributed by atoms with van der Waals surface area (Å²) in [6, 6.07) is 0. The molecule has 3 nitrogen and oxygen atoms in total. The van der Waals surface area contributed by atoms with Gasteiger partial charge in [0.15, 0.2) is 5.96 Å². The van der Waals surface area contributed by atoms with E-state index in [0.717, 1.165) is 18.4 Å². The molecule has 0 heterocycles. The Hall–Kier alpha value is -0.800. The van der Waals surface area contributed by atoms with Gasteiger partial charge in [-0.2, -0.15) is 0 Å². The first-order valence-electron chi connectivity index (χ1n) is 7.62. The molecule has 0 bridgehead atoms. The summed E-state index contributed by atoms with van der Waals surface area (Å²) in [6.07, 6.45) is 7.16. The zero-order valence-corrected chi connectivity index (χ0v) is 12.8. The second kappa shape index (κ2) is 8.39. The lowest BCUT2D eigenvalue weighted by Crippen LogP contribution is -2.43. The lowest BCUT2D eigenvalue weighted by Gasteiger charge is -2.31. The maximum Gasteiger partial charge on any atom is 0.190 e. The highest BCUT2D eigenvalue weighted by atomic mass is 19.1. The summed E-state index contributed by atoms with van der Waals surface area (Å²) in [6.45, 7) is 5.96. The molecule has 0 spiro atoms. The Kier molecular flexibility index (Phi) is 7.17. The minimum atomic E-state index is -0.277. The van der Waals surface area contributed by atoms with Crippen LogP contribution in [-0.2, 0) is 0 Å². The Morgan fingerprint density at radius 2 is 1.95 bits per heavy atom. The van der Waals surface area contributed by atoms with Crippen molar-refractivity contribution < 1.29 is 4.39 Å².